The molecule has 0 saturated heterocycles. The highest BCUT2D eigenvalue weighted by molar-refractivity contribution is 9.11. The predicted octanol–water partition coefficient (Wildman–Crippen LogP) is 4.52. The highest BCUT2D eigenvalue weighted by Gasteiger charge is 2.12. The average molecular weight is 300 g/mol. The third-order valence-corrected chi connectivity index (χ3v) is 4.92. The van der Waals surface area contributed by atoms with E-state index in [1.807, 2.05) is 11.3 Å². The van der Waals surface area contributed by atoms with E-state index in [9.17, 15) is 0 Å². The van der Waals surface area contributed by atoms with E-state index in [-0.39, 0.29) is 0 Å². The van der Waals surface area contributed by atoms with Crippen LogP contribution in [-0.4, -0.2) is 6.54 Å². The molecule has 0 saturated carbocycles. The lowest BCUT2D eigenvalue weighted by Gasteiger charge is -2.20. The van der Waals surface area contributed by atoms with Gasteiger partial charge in [0.2, 0.25) is 0 Å². The summed E-state index contributed by atoms with van der Waals surface area (Å²) in [5.74, 6) is 0.829. The second-order valence-corrected chi connectivity index (χ2v) is 6.92. The smallest absolute Gasteiger partial charge is 0.0701 e. The Bertz CT molecular complexity index is 359. The van der Waals surface area contributed by atoms with Crippen LogP contribution in [0.15, 0.2) is 28.1 Å². The van der Waals surface area contributed by atoms with Crippen LogP contribution in [-0.2, 0) is 0 Å². The number of halogens is 1. The molecule has 0 spiro atoms. The summed E-state index contributed by atoms with van der Waals surface area (Å²) < 4.78 is 1.22. The molecule has 0 radical (unpaired) electrons. The highest BCUT2D eigenvalue weighted by Crippen LogP contribution is 2.27. The van der Waals surface area contributed by atoms with Crippen LogP contribution in [0.2, 0.25) is 0 Å². The monoisotopic (exact) mass is 299 g/mol. The van der Waals surface area contributed by atoms with Gasteiger partial charge in [0, 0.05) is 10.9 Å². The van der Waals surface area contributed by atoms with Crippen molar-refractivity contribution < 1.29 is 0 Å². The Labute approximate surface area is 110 Å². The summed E-state index contributed by atoms with van der Waals surface area (Å²) in [4.78, 5) is 1.42. The summed E-state index contributed by atoms with van der Waals surface area (Å²) in [7, 11) is 0. The van der Waals surface area contributed by atoms with Gasteiger partial charge in [0.1, 0.15) is 0 Å². The number of thiophene rings is 1. The largest absolute Gasteiger partial charge is 0.309 e. The number of rotatable bonds is 4. The van der Waals surface area contributed by atoms with Gasteiger partial charge in [-0.3, -0.25) is 0 Å². The number of hydrogen-bond acceptors (Lipinski definition) is 2. The van der Waals surface area contributed by atoms with Crippen molar-refractivity contribution in [1.29, 1.82) is 0 Å². The molecule has 0 amide bonds. The fourth-order valence-electron chi connectivity index (χ4n) is 2.05. The molecular formula is C13H18BrNS. The minimum absolute atomic E-state index is 0.474. The quantitative estimate of drug-likeness (QED) is 0.806. The van der Waals surface area contributed by atoms with Crippen molar-refractivity contribution in [1.82, 2.24) is 5.32 Å². The van der Waals surface area contributed by atoms with Gasteiger partial charge in [-0.15, -0.1) is 11.3 Å². The van der Waals surface area contributed by atoms with Gasteiger partial charge in [0.25, 0.3) is 0 Å². The third-order valence-electron chi connectivity index (χ3n) is 3.11. The SMILES string of the molecule is CC(NCC1CC=CCC1)c1ccc(Br)s1. The van der Waals surface area contributed by atoms with Gasteiger partial charge in [-0.1, -0.05) is 12.2 Å². The molecule has 3 heteroatoms. The molecule has 1 heterocycles. The molecular weight excluding hydrogens is 282 g/mol. The zero-order chi connectivity index (χ0) is 11.4. The first-order chi connectivity index (χ1) is 7.75. The fraction of sp³-hybridized carbons (Fsp3) is 0.538. The Morgan fingerprint density at radius 3 is 3.00 bits per heavy atom. The third kappa shape index (κ3) is 3.44. The summed E-state index contributed by atoms with van der Waals surface area (Å²) >= 11 is 5.33. The summed E-state index contributed by atoms with van der Waals surface area (Å²) in [5, 5.41) is 3.64. The molecule has 1 nitrogen and oxygen atoms in total. The highest BCUT2D eigenvalue weighted by atomic mass is 79.9. The van der Waals surface area contributed by atoms with Crippen LogP contribution in [0.3, 0.4) is 0 Å². The van der Waals surface area contributed by atoms with Crippen molar-refractivity contribution in [3.63, 3.8) is 0 Å². The first-order valence-corrected chi connectivity index (χ1v) is 7.50. The standard InChI is InChI=1S/C13H18BrNS/c1-10(12-7-8-13(14)16-12)15-9-11-5-3-2-4-6-11/h2-3,7-8,10-11,15H,4-6,9H2,1H3. The van der Waals surface area contributed by atoms with Crippen molar-refractivity contribution in [3.05, 3.63) is 32.9 Å². The van der Waals surface area contributed by atoms with E-state index in [4.69, 9.17) is 0 Å². The zero-order valence-corrected chi connectivity index (χ0v) is 12.0. The maximum absolute atomic E-state index is 3.64. The Morgan fingerprint density at radius 2 is 2.38 bits per heavy atom. The van der Waals surface area contributed by atoms with Crippen molar-refractivity contribution in [2.75, 3.05) is 6.54 Å². The first kappa shape index (κ1) is 12.3. The Morgan fingerprint density at radius 1 is 1.50 bits per heavy atom. The average Bonchev–Trinajstić information content (AvgIpc) is 2.74. The molecule has 1 N–H and O–H groups in total. The topological polar surface area (TPSA) is 12.0 Å². The zero-order valence-electron chi connectivity index (χ0n) is 9.58. The normalized spacial score (nSPS) is 22.2. The van der Waals surface area contributed by atoms with Crippen LogP contribution >= 0.6 is 27.3 Å². The van der Waals surface area contributed by atoms with Crippen LogP contribution in [0.25, 0.3) is 0 Å². The van der Waals surface area contributed by atoms with Crippen molar-refractivity contribution in [2.24, 2.45) is 5.92 Å². The van der Waals surface area contributed by atoms with Gasteiger partial charge >= 0.3 is 0 Å². The minimum atomic E-state index is 0.474. The van der Waals surface area contributed by atoms with Crippen molar-refractivity contribution in [2.45, 2.75) is 32.2 Å². The Hall–Kier alpha value is -0.120. The van der Waals surface area contributed by atoms with Crippen LogP contribution in [0, 0.1) is 5.92 Å². The fourth-order valence-corrected chi connectivity index (χ4v) is 3.50. The lowest BCUT2D eigenvalue weighted by molar-refractivity contribution is 0.417. The van der Waals surface area contributed by atoms with Crippen LogP contribution < -0.4 is 5.32 Å². The number of allylic oxidation sites excluding steroid dienone is 2. The molecule has 0 aromatic carbocycles. The second kappa shape index (κ2) is 5.99. The van der Waals surface area contributed by atoms with E-state index < -0.39 is 0 Å². The molecule has 0 aliphatic heterocycles. The van der Waals surface area contributed by atoms with Gasteiger partial charge in [-0.2, -0.15) is 0 Å². The molecule has 1 aromatic rings. The number of hydrogen-bond donors (Lipinski definition) is 1. The van der Waals surface area contributed by atoms with E-state index >= 15 is 0 Å². The molecule has 1 aromatic heterocycles. The van der Waals surface area contributed by atoms with Gasteiger partial charge in [-0.05, 0) is 66.7 Å². The van der Waals surface area contributed by atoms with Crippen LogP contribution in [0.1, 0.15) is 37.1 Å². The summed E-state index contributed by atoms with van der Waals surface area (Å²) in [6.45, 7) is 3.39. The molecule has 1 aliphatic carbocycles. The summed E-state index contributed by atoms with van der Waals surface area (Å²) in [6, 6.07) is 4.80. The molecule has 1 aliphatic rings. The van der Waals surface area contributed by atoms with Crippen LogP contribution in [0.4, 0.5) is 0 Å². The van der Waals surface area contributed by atoms with Gasteiger partial charge in [-0.25, -0.2) is 0 Å². The lowest BCUT2D eigenvalue weighted by Crippen LogP contribution is -2.25. The maximum Gasteiger partial charge on any atom is 0.0701 e. The Balaban J connectivity index is 1.79. The van der Waals surface area contributed by atoms with E-state index in [0.717, 1.165) is 12.5 Å². The van der Waals surface area contributed by atoms with E-state index in [0.29, 0.717) is 6.04 Å². The molecule has 2 unspecified atom stereocenters. The maximum atomic E-state index is 3.64. The predicted molar refractivity (Wildman–Crippen MR) is 74.9 cm³/mol. The van der Waals surface area contributed by atoms with Crippen LogP contribution in [0.5, 0.6) is 0 Å². The Kier molecular flexibility index (Phi) is 4.62. The second-order valence-electron chi connectivity index (χ2n) is 4.42. The lowest BCUT2D eigenvalue weighted by atomic mass is 9.94. The summed E-state index contributed by atoms with van der Waals surface area (Å²) in [6.07, 6.45) is 8.46. The molecule has 0 fully saturated rings. The molecule has 2 rings (SSSR count). The molecule has 16 heavy (non-hydrogen) atoms. The van der Waals surface area contributed by atoms with E-state index in [2.05, 4.69) is 52.5 Å². The number of nitrogens with one attached hydrogen (secondary N) is 1. The van der Waals surface area contributed by atoms with E-state index in [1.165, 1.54) is 27.9 Å². The minimum Gasteiger partial charge on any atom is -0.309 e. The van der Waals surface area contributed by atoms with Crippen molar-refractivity contribution in [3.8, 4) is 0 Å². The molecule has 88 valence electrons. The van der Waals surface area contributed by atoms with Gasteiger partial charge in [0.05, 0.1) is 3.79 Å². The van der Waals surface area contributed by atoms with Crippen molar-refractivity contribution >= 4 is 27.3 Å². The van der Waals surface area contributed by atoms with E-state index in [1.54, 1.807) is 0 Å². The summed E-state index contributed by atoms with van der Waals surface area (Å²) in [5.41, 5.74) is 0. The molecule has 0 bridgehead atoms. The van der Waals surface area contributed by atoms with Gasteiger partial charge in [0.15, 0.2) is 0 Å². The molecule has 2 atom stereocenters. The first-order valence-electron chi connectivity index (χ1n) is 5.89. The van der Waals surface area contributed by atoms with Gasteiger partial charge < -0.3 is 5.32 Å².